The molecule has 0 spiro atoms. The van der Waals surface area contributed by atoms with Gasteiger partial charge in [-0.3, -0.25) is 0 Å². The summed E-state index contributed by atoms with van der Waals surface area (Å²) < 4.78 is 116. The molecule has 0 radical (unpaired) electrons. The van der Waals surface area contributed by atoms with Gasteiger partial charge in [-0.15, -0.1) is 0 Å². The normalized spacial score (nSPS) is 11.4. The minimum atomic E-state index is -1.08. The maximum absolute atomic E-state index is 15.5. The Balaban J connectivity index is 0.000000209. The van der Waals surface area contributed by atoms with E-state index in [9.17, 15) is 28.6 Å². The number of nitrogens with zero attached hydrogens (tertiary/aromatic N) is 6. The lowest BCUT2D eigenvalue weighted by Crippen LogP contribution is -2.13. The molecule has 0 aliphatic carbocycles. The van der Waals surface area contributed by atoms with Gasteiger partial charge in [0.2, 0.25) is 11.8 Å². The van der Waals surface area contributed by atoms with E-state index in [1.165, 1.54) is 84.9 Å². The van der Waals surface area contributed by atoms with Gasteiger partial charge in [-0.1, -0.05) is 75.2 Å². The Labute approximate surface area is 511 Å². The van der Waals surface area contributed by atoms with Gasteiger partial charge in [0.15, 0.2) is 0 Å². The fourth-order valence-electron chi connectivity index (χ4n) is 9.38. The van der Waals surface area contributed by atoms with Gasteiger partial charge in [-0.05, 0) is 120 Å². The van der Waals surface area contributed by atoms with Crippen molar-refractivity contribution >= 4 is 57.2 Å². The topological polar surface area (TPSA) is 173 Å². The smallest absolute Gasteiger partial charge is 0.335 e. The maximum atomic E-state index is 15.5. The van der Waals surface area contributed by atoms with Gasteiger partial charge >= 0.3 is 11.9 Å². The molecular weight excluding hydrogens is 1190 g/mol. The first kappa shape index (κ1) is 63.7. The number of benzene rings is 6. The van der Waals surface area contributed by atoms with Crippen LogP contribution in [0, 0.1) is 46.7 Å². The number of pyridine rings is 2. The molecule has 0 aliphatic heterocycles. The number of imidazole rings is 2. The van der Waals surface area contributed by atoms with E-state index in [1.807, 2.05) is 27.7 Å². The van der Waals surface area contributed by atoms with E-state index in [4.69, 9.17) is 42.1 Å². The number of aromatic carboxylic acids is 2. The van der Waals surface area contributed by atoms with E-state index in [0.29, 0.717) is 85.1 Å². The van der Waals surface area contributed by atoms with E-state index >= 15 is 17.6 Å². The third-order valence-electron chi connectivity index (χ3n) is 13.7. The third-order valence-corrected chi connectivity index (χ3v) is 14.2. The van der Waals surface area contributed by atoms with Crippen LogP contribution in [0.3, 0.4) is 0 Å². The summed E-state index contributed by atoms with van der Waals surface area (Å²) in [6.45, 7) is 10.3. The number of halogens is 8. The minimum absolute atomic E-state index is 0.0481. The summed E-state index contributed by atoms with van der Waals surface area (Å²) in [6, 6.07) is 31.1. The van der Waals surface area contributed by atoms with E-state index in [0.717, 1.165) is 24.3 Å². The Bertz CT molecular complexity index is 3920. The largest absolute Gasteiger partial charge is 0.478 e. The Kier molecular flexibility index (Phi) is 20.8. The van der Waals surface area contributed by atoms with Gasteiger partial charge in [-0.2, -0.15) is 0 Å². The molecule has 0 amide bonds. The van der Waals surface area contributed by atoms with Crippen LogP contribution in [0.2, 0.25) is 10.0 Å². The number of hydrogen-bond donors (Lipinski definition) is 2. The van der Waals surface area contributed by atoms with Crippen molar-refractivity contribution in [2.75, 3.05) is 26.4 Å². The second kappa shape index (κ2) is 28.8. The lowest BCUT2D eigenvalue weighted by Gasteiger charge is -2.13. The first-order valence-corrected chi connectivity index (χ1v) is 28.6. The second-order valence-corrected chi connectivity index (χ2v) is 22.2. The summed E-state index contributed by atoms with van der Waals surface area (Å²) in [5, 5.41) is 19.5. The predicted octanol–water partition coefficient (Wildman–Crippen LogP) is 15.4. The number of carbonyl (C=O) groups is 2. The lowest BCUT2D eigenvalue weighted by molar-refractivity contribution is 0.0686. The van der Waals surface area contributed by atoms with Gasteiger partial charge in [0.05, 0.1) is 57.8 Å². The van der Waals surface area contributed by atoms with Crippen LogP contribution in [0.25, 0.3) is 44.6 Å². The highest BCUT2D eigenvalue weighted by atomic mass is 35.5. The number of rotatable bonds is 24. The van der Waals surface area contributed by atoms with Gasteiger partial charge in [0, 0.05) is 83.6 Å². The van der Waals surface area contributed by atoms with Crippen molar-refractivity contribution in [3.63, 3.8) is 0 Å². The number of aromatic nitrogens is 6. The van der Waals surface area contributed by atoms with Crippen molar-refractivity contribution in [3.05, 3.63) is 223 Å². The van der Waals surface area contributed by atoms with E-state index in [-0.39, 0.29) is 104 Å². The molecule has 6 aromatic carbocycles. The van der Waals surface area contributed by atoms with Gasteiger partial charge in [0.25, 0.3) is 0 Å². The molecule has 22 heteroatoms. The first-order valence-electron chi connectivity index (χ1n) is 27.8. The molecule has 10 aromatic rings. The number of hydrogen-bond acceptors (Lipinski definition) is 10. The van der Waals surface area contributed by atoms with Crippen LogP contribution in [-0.2, 0) is 48.6 Å². The van der Waals surface area contributed by atoms with E-state index in [2.05, 4.69) is 19.9 Å². The predicted molar refractivity (Wildman–Crippen MR) is 321 cm³/mol. The van der Waals surface area contributed by atoms with Gasteiger partial charge < -0.3 is 38.3 Å². The highest BCUT2D eigenvalue weighted by Crippen LogP contribution is 2.31. The molecular formula is C66H58Cl2F6N6O8. The molecule has 0 unspecified atom stereocenters. The first-order chi connectivity index (χ1) is 42.2. The third kappa shape index (κ3) is 16.0. The van der Waals surface area contributed by atoms with Crippen molar-refractivity contribution in [3.8, 4) is 34.3 Å². The molecule has 0 bridgehead atoms. The highest BCUT2D eigenvalue weighted by molar-refractivity contribution is 6.30. The van der Waals surface area contributed by atoms with Gasteiger partial charge in [0.1, 0.15) is 59.8 Å². The van der Waals surface area contributed by atoms with Crippen LogP contribution >= 0.6 is 23.2 Å². The Morgan fingerprint density at radius 1 is 0.477 bits per heavy atom. The second-order valence-electron chi connectivity index (χ2n) is 21.3. The quantitative estimate of drug-likeness (QED) is 0.0434. The fourth-order valence-corrected chi connectivity index (χ4v) is 9.70. The van der Waals surface area contributed by atoms with Crippen LogP contribution in [0.4, 0.5) is 26.3 Å². The molecule has 456 valence electrons. The average Bonchev–Trinajstić information content (AvgIpc) is 2.49. The number of fused-ring (bicyclic) bond motifs is 2. The fraction of sp³-hybridized carbons (Fsp3) is 0.242. The molecule has 10 rings (SSSR count). The molecule has 2 N–H and O–H groups in total. The lowest BCUT2D eigenvalue weighted by atomic mass is 10.0. The molecule has 4 aromatic heterocycles. The van der Waals surface area contributed by atoms with Crippen LogP contribution in [-0.4, -0.2) is 77.6 Å². The van der Waals surface area contributed by atoms with Crippen molar-refractivity contribution < 1.29 is 65.1 Å². The summed E-state index contributed by atoms with van der Waals surface area (Å²) in [5.74, 6) is -4.23. The zero-order valence-electron chi connectivity index (χ0n) is 48.0. The molecule has 0 fully saturated rings. The molecule has 0 aliphatic rings. The van der Waals surface area contributed by atoms with Crippen LogP contribution < -0.4 is 9.47 Å². The van der Waals surface area contributed by atoms with Crippen LogP contribution in [0.1, 0.15) is 82.3 Å². The number of ether oxygens (including phenoxy) is 4. The molecule has 4 heterocycles. The van der Waals surface area contributed by atoms with E-state index < -0.39 is 46.8 Å². The van der Waals surface area contributed by atoms with Crippen molar-refractivity contribution in [2.24, 2.45) is 11.8 Å². The van der Waals surface area contributed by atoms with Gasteiger partial charge in [-0.25, -0.2) is 55.9 Å². The molecule has 14 nitrogen and oxygen atoms in total. The molecule has 0 atom stereocenters. The summed E-state index contributed by atoms with van der Waals surface area (Å²) >= 11 is 11.6. The van der Waals surface area contributed by atoms with Crippen molar-refractivity contribution in [1.82, 2.24) is 29.1 Å². The van der Waals surface area contributed by atoms with Crippen LogP contribution in [0.15, 0.2) is 133 Å². The zero-order valence-corrected chi connectivity index (χ0v) is 49.5. The standard InChI is InChI=1S/2C33H29ClF3N3O4/c2*1-19(2)17-43-11-10-40-30-13-20(33(41)42)7-9-29(30)38-31(40)14-22-12-27(37)24(16-26(22)36)28-4-3-5-32(39-28)44-18-21-6-8-23(34)15-25(21)35/h2*3-9,12-13,15-16,19H,10-11,14,17-18H2,1-2H3,(H,41,42). The Morgan fingerprint density at radius 3 is 1.25 bits per heavy atom. The highest BCUT2D eigenvalue weighted by Gasteiger charge is 2.22. The van der Waals surface area contributed by atoms with E-state index in [1.54, 1.807) is 33.4 Å². The van der Waals surface area contributed by atoms with Crippen molar-refractivity contribution in [2.45, 2.75) is 66.8 Å². The molecule has 0 saturated carbocycles. The summed E-state index contributed by atoms with van der Waals surface area (Å²) in [5.41, 5.74) is 3.15. The maximum Gasteiger partial charge on any atom is 0.335 e. The molecule has 88 heavy (non-hydrogen) atoms. The van der Waals surface area contributed by atoms with Crippen molar-refractivity contribution in [1.29, 1.82) is 0 Å². The molecule has 0 saturated heterocycles. The van der Waals surface area contributed by atoms with Crippen LogP contribution in [0.5, 0.6) is 11.8 Å². The number of carboxylic acids is 2. The summed E-state index contributed by atoms with van der Waals surface area (Å²) in [7, 11) is 0. The monoisotopic (exact) mass is 1250 g/mol. The average molecular weight is 1250 g/mol. The Hall–Kier alpha value is -8.82. The Morgan fingerprint density at radius 2 is 0.875 bits per heavy atom. The SMILES string of the molecule is CC(C)COCCn1c(Cc2cc(F)c(-c3cccc(OCc4ccc(Cl)cc4F)n3)cc2F)nc2ccc(C(=O)O)cc21.CC(C)COCCn1c(Cc2cc(F)c(-c3cccc(OCc4ccc(Cl)cc4F)n3)cc2F)nc2ccc(C(=O)O)cc21. The number of carboxylic acid groups (broad SMARTS) is 2. The minimum Gasteiger partial charge on any atom is -0.478 e. The summed E-state index contributed by atoms with van der Waals surface area (Å²) in [6.07, 6.45) is -0.0962. The summed E-state index contributed by atoms with van der Waals surface area (Å²) in [4.78, 5) is 41.0. The zero-order chi connectivity index (χ0) is 62.8.